The van der Waals surface area contributed by atoms with E-state index in [1.165, 1.54) is 36.4 Å². The Morgan fingerprint density at radius 2 is 1.71 bits per heavy atom. The van der Waals surface area contributed by atoms with Crippen LogP contribution in [-0.2, 0) is 10.0 Å². The summed E-state index contributed by atoms with van der Waals surface area (Å²) in [6.45, 7) is 0. The van der Waals surface area contributed by atoms with Gasteiger partial charge in [0.15, 0.2) is 0 Å². The number of benzene rings is 2. The molecule has 0 heterocycles. The zero-order chi connectivity index (χ0) is 15.5. The van der Waals surface area contributed by atoms with E-state index in [-0.39, 0.29) is 21.7 Å². The Morgan fingerprint density at radius 3 is 2.33 bits per heavy atom. The summed E-state index contributed by atoms with van der Waals surface area (Å²) in [7, 11) is -3.80. The van der Waals surface area contributed by atoms with Crippen molar-refractivity contribution in [2.45, 2.75) is 4.90 Å². The Hall–Kier alpha value is -3.03. The number of hydrogen-bond donors (Lipinski definition) is 2. The summed E-state index contributed by atoms with van der Waals surface area (Å²) in [6.07, 6.45) is 0. The van der Waals surface area contributed by atoms with Crippen molar-refractivity contribution in [1.29, 1.82) is 10.5 Å². The van der Waals surface area contributed by atoms with E-state index in [4.69, 9.17) is 16.3 Å². The lowest BCUT2D eigenvalue weighted by Crippen LogP contribution is -2.13. The standard InChI is InChI=1S/C14H10N4O2S/c15-8-10-4-5-13(6-11(10)9-16)18-21(19,20)14-3-1-2-12(17)7-14/h1-7,18H,17H2. The van der Waals surface area contributed by atoms with E-state index < -0.39 is 10.0 Å². The van der Waals surface area contributed by atoms with E-state index in [1.807, 2.05) is 12.1 Å². The van der Waals surface area contributed by atoms with Gasteiger partial charge in [0.2, 0.25) is 0 Å². The molecule has 0 unspecified atom stereocenters. The number of sulfonamides is 1. The Bertz CT molecular complexity index is 877. The smallest absolute Gasteiger partial charge is 0.261 e. The summed E-state index contributed by atoms with van der Waals surface area (Å²) in [5, 5.41) is 17.8. The average molecular weight is 298 g/mol. The maximum atomic E-state index is 12.2. The molecule has 2 rings (SSSR count). The van der Waals surface area contributed by atoms with Crippen LogP contribution >= 0.6 is 0 Å². The predicted molar refractivity (Wildman–Crippen MR) is 77.5 cm³/mol. The van der Waals surface area contributed by atoms with Gasteiger partial charge < -0.3 is 5.73 Å². The van der Waals surface area contributed by atoms with Crippen molar-refractivity contribution in [1.82, 2.24) is 0 Å². The number of nitriles is 2. The van der Waals surface area contributed by atoms with E-state index in [0.29, 0.717) is 5.69 Å². The monoisotopic (exact) mass is 298 g/mol. The van der Waals surface area contributed by atoms with Gasteiger partial charge in [-0.1, -0.05) is 6.07 Å². The number of rotatable bonds is 3. The van der Waals surface area contributed by atoms with E-state index in [9.17, 15) is 8.42 Å². The van der Waals surface area contributed by atoms with E-state index in [0.717, 1.165) is 0 Å². The van der Waals surface area contributed by atoms with Crippen LogP contribution in [-0.4, -0.2) is 8.42 Å². The zero-order valence-corrected chi connectivity index (χ0v) is 11.6. The van der Waals surface area contributed by atoms with Crippen molar-refractivity contribution in [3.05, 3.63) is 53.6 Å². The molecule has 0 saturated carbocycles. The maximum Gasteiger partial charge on any atom is 0.261 e. The lowest BCUT2D eigenvalue weighted by molar-refractivity contribution is 0.601. The Balaban J connectivity index is 2.38. The van der Waals surface area contributed by atoms with E-state index >= 15 is 0 Å². The summed E-state index contributed by atoms with van der Waals surface area (Å²) < 4.78 is 26.7. The minimum Gasteiger partial charge on any atom is -0.399 e. The van der Waals surface area contributed by atoms with Crippen molar-refractivity contribution in [3.8, 4) is 12.1 Å². The van der Waals surface area contributed by atoms with Gasteiger partial charge >= 0.3 is 0 Å². The van der Waals surface area contributed by atoms with Crippen LogP contribution in [0.5, 0.6) is 0 Å². The van der Waals surface area contributed by atoms with Crippen molar-refractivity contribution >= 4 is 21.4 Å². The molecular weight excluding hydrogens is 288 g/mol. The fourth-order valence-corrected chi connectivity index (χ4v) is 2.80. The van der Waals surface area contributed by atoms with Crippen molar-refractivity contribution < 1.29 is 8.42 Å². The minimum absolute atomic E-state index is 0.0189. The number of hydrogen-bond acceptors (Lipinski definition) is 5. The van der Waals surface area contributed by atoms with Crippen LogP contribution in [0.2, 0.25) is 0 Å². The van der Waals surface area contributed by atoms with Gasteiger partial charge in [-0.15, -0.1) is 0 Å². The first-order chi connectivity index (χ1) is 9.96. The predicted octanol–water partition coefficient (Wildman–Crippen LogP) is 1.81. The molecule has 0 aliphatic heterocycles. The first kappa shape index (κ1) is 14.4. The first-order valence-corrected chi connectivity index (χ1v) is 7.27. The van der Waals surface area contributed by atoms with Gasteiger partial charge in [0.05, 0.1) is 21.7 Å². The molecule has 0 radical (unpaired) electrons. The quantitative estimate of drug-likeness (QED) is 0.837. The van der Waals surface area contributed by atoms with Gasteiger partial charge in [-0.3, -0.25) is 4.72 Å². The van der Waals surface area contributed by atoms with Gasteiger partial charge in [0, 0.05) is 5.69 Å². The van der Waals surface area contributed by atoms with E-state index in [1.54, 1.807) is 6.07 Å². The summed E-state index contributed by atoms with van der Waals surface area (Å²) >= 11 is 0. The minimum atomic E-state index is -3.80. The van der Waals surface area contributed by atoms with Crippen LogP contribution in [0.3, 0.4) is 0 Å². The van der Waals surface area contributed by atoms with Gasteiger partial charge in [0.1, 0.15) is 12.1 Å². The van der Waals surface area contributed by atoms with Crippen molar-refractivity contribution in [2.75, 3.05) is 10.5 Å². The summed E-state index contributed by atoms with van der Waals surface area (Å²) in [4.78, 5) is 0.0189. The molecule has 0 aromatic heterocycles. The molecule has 2 aromatic carbocycles. The first-order valence-electron chi connectivity index (χ1n) is 5.79. The van der Waals surface area contributed by atoms with Crippen LogP contribution in [0.15, 0.2) is 47.4 Å². The number of anilines is 2. The van der Waals surface area contributed by atoms with Gasteiger partial charge in [-0.25, -0.2) is 8.42 Å². The molecule has 3 N–H and O–H groups in total. The highest BCUT2D eigenvalue weighted by Crippen LogP contribution is 2.20. The molecular formula is C14H10N4O2S. The second-order valence-electron chi connectivity index (χ2n) is 4.16. The van der Waals surface area contributed by atoms with Crippen LogP contribution in [0.1, 0.15) is 11.1 Å². The summed E-state index contributed by atoms with van der Waals surface area (Å²) in [6, 6.07) is 13.7. The molecule has 0 atom stereocenters. The zero-order valence-electron chi connectivity index (χ0n) is 10.7. The fraction of sp³-hybridized carbons (Fsp3) is 0. The number of nitrogens with one attached hydrogen (secondary N) is 1. The Morgan fingerprint density at radius 1 is 1.00 bits per heavy atom. The molecule has 0 amide bonds. The summed E-state index contributed by atoms with van der Waals surface area (Å²) in [5.74, 6) is 0. The third kappa shape index (κ3) is 3.11. The topological polar surface area (TPSA) is 120 Å². The molecule has 6 nitrogen and oxygen atoms in total. The fourth-order valence-electron chi connectivity index (χ4n) is 1.69. The highest BCUT2D eigenvalue weighted by atomic mass is 32.2. The largest absolute Gasteiger partial charge is 0.399 e. The van der Waals surface area contributed by atoms with Crippen LogP contribution in [0.25, 0.3) is 0 Å². The van der Waals surface area contributed by atoms with Gasteiger partial charge in [-0.05, 0) is 36.4 Å². The second kappa shape index (κ2) is 5.53. The van der Waals surface area contributed by atoms with Crippen LogP contribution in [0, 0.1) is 22.7 Å². The molecule has 104 valence electrons. The van der Waals surface area contributed by atoms with Crippen LogP contribution in [0.4, 0.5) is 11.4 Å². The van der Waals surface area contributed by atoms with Crippen LogP contribution < -0.4 is 10.5 Å². The average Bonchev–Trinajstić information content (AvgIpc) is 2.46. The molecule has 0 spiro atoms. The van der Waals surface area contributed by atoms with Gasteiger partial charge in [0.25, 0.3) is 10.0 Å². The van der Waals surface area contributed by atoms with Crippen molar-refractivity contribution in [3.63, 3.8) is 0 Å². The summed E-state index contributed by atoms with van der Waals surface area (Å²) in [5.41, 5.74) is 6.38. The molecule has 21 heavy (non-hydrogen) atoms. The molecule has 0 aliphatic carbocycles. The second-order valence-corrected chi connectivity index (χ2v) is 5.84. The highest BCUT2D eigenvalue weighted by Gasteiger charge is 2.15. The number of nitrogen functional groups attached to an aromatic ring is 1. The van der Waals surface area contributed by atoms with Crippen molar-refractivity contribution in [2.24, 2.45) is 0 Å². The normalized spacial score (nSPS) is 10.4. The molecule has 0 fully saturated rings. The lowest BCUT2D eigenvalue weighted by Gasteiger charge is -2.09. The molecule has 2 aromatic rings. The maximum absolute atomic E-state index is 12.2. The van der Waals surface area contributed by atoms with E-state index in [2.05, 4.69) is 4.72 Å². The molecule has 0 saturated heterocycles. The molecule has 7 heteroatoms. The number of nitrogens with zero attached hydrogens (tertiary/aromatic N) is 2. The lowest BCUT2D eigenvalue weighted by atomic mass is 10.1. The number of nitrogens with two attached hydrogens (primary N) is 1. The SMILES string of the molecule is N#Cc1ccc(NS(=O)(=O)c2cccc(N)c2)cc1C#N. The Labute approximate surface area is 122 Å². The highest BCUT2D eigenvalue weighted by molar-refractivity contribution is 7.92. The van der Waals surface area contributed by atoms with Gasteiger partial charge in [-0.2, -0.15) is 10.5 Å². The third-order valence-corrected chi connectivity index (χ3v) is 4.06. The third-order valence-electron chi connectivity index (χ3n) is 2.68. The molecule has 0 bridgehead atoms. The Kier molecular flexibility index (Phi) is 3.79. The molecule has 0 aliphatic rings.